The molecule has 1 atom stereocenters. The molecule has 1 fully saturated rings. The lowest BCUT2D eigenvalue weighted by atomic mass is 10.0. The zero-order chi connectivity index (χ0) is 23.3. The molecule has 0 amide bonds. The van der Waals surface area contributed by atoms with Gasteiger partial charge in [0.25, 0.3) is 0 Å². The number of anilines is 1. The smallest absolute Gasteiger partial charge is 0.134 e. The maximum Gasteiger partial charge on any atom is 0.134 e. The number of aromatic nitrogens is 2. The predicted molar refractivity (Wildman–Crippen MR) is 136 cm³/mol. The van der Waals surface area contributed by atoms with Crippen LogP contribution in [0.1, 0.15) is 29.8 Å². The summed E-state index contributed by atoms with van der Waals surface area (Å²) in [5.74, 6) is 3.14. The number of nitrogens with one attached hydrogen (secondary N) is 2. The fourth-order valence-electron chi connectivity index (χ4n) is 4.53. The molecule has 2 aromatic heterocycles. The van der Waals surface area contributed by atoms with Crippen LogP contribution >= 0.6 is 0 Å². The summed E-state index contributed by atoms with van der Waals surface area (Å²) in [6.45, 7) is 7.73. The number of fused-ring (bicyclic) bond motifs is 1. The van der Waals surface area contributed by atoms with Crippen molar-refractivity contribution in [1.82, 2.24) is 15.3 Å². The topological polar surface area (TPSA) is 72.2 Å². The van der Waals surface area contributed by atoms with E-state index in [0.29, 0.717) is 5.92 Å². The molecule has 2 aromatic carbocycles. The van der Waals surface area contributed by atoms with Crippen LogP contribution in [0.4, 0.5) is 5.82 Å². The number of rotatable bonds is 8. The second-order valence-electron chi connectivity index (χ2n) is 9.16. The van der Waals surface area contributed by atoms with Crippen LogP contribution in [0.5, 0.6) is 5.75 Å². The Morgan fingerprint density at radius 3 is 2.94 bits per heavy atom. The molecule has 0 radical (unpaired) electrons. The molecule has 1 unspecified atom stereocenters. The van der Waals surface area contributed by atoms with Crippen LogP contribution in [0.2, 0.25) is 0 Å². The van der Waals surface area contributed by atoms with Gasteiger partial charge in [-0.3, -0.25) is 0 Å². The molecule has 1 aliphatic rings. The van der Waals surface area contributed by atoms with Crippen LogP contribution in [0.25, 0.3) is 22.2 Å². The molecule has 6 nitrogen and oxygen atoms in total. The average molecular weight is 457 g/mol. The highest BCUT2D eigenvalue weighted by Gasteiger charge is 2.13. The monoisotopic (exact) mass is 456 g/mol. The highest BCUT2D eigenvalue weighted by atomic mass is 16.5. The molecule has 2 N–H and O–H groups in total. The first-order valence-corrected chi connectivity index (χ1v) is 12.1. The van der Waals surface area contributed by atoms with E-state index in [1.807, 2.05) is 31.2 Å². The number of piperidine rings is 1. The van der Waals surface area contributed by atoms with Crippen molar-refractivity contribution < 1.29 is 9.15 Å². The number of furan rings is 1. The molecular formula is C28H32N4O2. The van der Waals surface area contributed by atoms with Crippen molar-refractivity contribution in [3.05, 3.63) is 71.7 Å². The molecule has 34 heavy (non-hydrogen) atoms. The SMILES string of the molecule is Cc1nc(NCCc2cccc(OCC3CCCNC3)c2)cc(-c2ccc3occ(C)c3c2)n1. The molecule has 0 saturated carbocycles. The third-order valence-electron chi connectivity index (χ3n) is 6.40. The molecule has 1 aliphatic heterocycles. The Bertz CT molecular complexity index is 1260. The number of hydrogen-bond donors (Lipinski definition) is 2. The van der Waals surface area contributed by atoms with E-state index in [9.17, 15) is 0 Å². The van der Waals surface area contributed by atoms with Gasteiger partial charge in [-0.2, -0.15) is 0 Å². The van der Waals surface area contributed by atoms with Gasteiger partial charge in [0, 0.05) is 36.0 Å². The van der Waals surface area contributed by atoms with Crippen LogP contribution in [-0.4, -0.2) is 36.2 Å². The summed E-state index contributed by atoms with van der Waals surface area (Å²) < 4.78 is 11.7. The Morgan fingerprint density at radius 1 is 1.12 bits per heavy atom. The molecule has 0 bridgehead atoms. The van der Waals surface area contributed by atoms with E-state index in [2.05, 4.69) is 51.8 Å². The van der Waals surface area contributed by atoms with Crippen LogP contribution in [-0.2, 0) is 6.42 Å². The second kappa shape index (κ2) is 10.3. The summed E-state index contributed by atoms with van der Waals surface area (Å²) in [6, 6.07) is 16.6. The van der Waals surface area contributed by atoms with Gasteiger partial charge in [0.1, 0.15) is 23.0 Å². The third-order valence-corrected chi connectivity index (χ3v) is 6.40. The quantitative estimate of drug-likeness (QED) is 0.363. The highest BCUT2D eigenvalue weighted by Crippen LogP contribution is 2.27. The molecule has 0 aliphatic carbocycles. The first-order valence-electron chi connectivity index (χ1n) is 12.1. The van der Waals surface area contributed by atoms with Crippen LogP contribution < -0.4 is 15.4 Å². The summed E-state index contributed by atoms with van der Waals surface area (Å²) in [7, 11) is 0. The third kappa shape index (κ3) is 5.39. The van der Waals surface area contributed by atoms with Crippen LogP contribution in [0.15, 0.2) is 59.2 Å². The van der Waals surface area contributed by atoms with Gasteiger partial charge < -0.3 is 19.8 Å². The number of aryl methyl sites for hydroxylation is 2. The Hall–Kier alpha value is -3.38. The van der Waals surface area contributed by atoms with E-state index in [-0.39, 0.29) is 0 Å². The average Bonchev–Trinajstić information content (AvgIpc) is 3.23. The number of benzene rings is 2. The van der Waals surface area contributed by atoms with Crippen molar-refractivity contribution >= 4 is 16.8 Å². The van der Waals surface area contributed by atoms with E-state index in [1.165, 1.54) is 18.4 Å². The highest BCUT2D eigenvalue weighted by molar-refractivity contribution is 5.85. The molecule has 1 saturated heterocycles. The van der Waals surface area contributed by atoms with E-state index in [1.54, 1.807) is 6.26 Å². The lowest BCUT2D eigenvalue weighted by Crippen LogP contribution is -2.33. The number of nitrogens with zero attached hydrogens (tertiary/aromatic N) is 2. The van der Waals surface area contributed by atoms with Gasteiger partial charge in [-0.05, 0) is 81.1 Å². The lowest BCUT2D eigenvalue weighted by molar-refractivity contribution is 0.218. The van der Waals surface area contributed by atoms with Gasteiger partial charge >= 0.3 is 0 Å². The minimum absolute atomic E-state index is 0.604. The van der Waals surface area contributed by atoms with Gasteiger partial charge in [-0.25, -0.2) is 9.97 Å². The lowest BCUT2D eigenvalue weighted by Gasteiger charge is -2.22. The Morgan fingerprint density at radius 2 is 2.06 bits per heavy atom. The van der Waals surface area contributed by atoms with Crippen LogP contribution in [0, 0.1) is 19.8 Å². The molecule has 4 aromatic rings. The van der Waals surface area contributed by atoms with Gasteiger partial charge in [-0.15, -0.1) is 0 Å². The summed E-state index contributed by atoms with van der Waals surface area (Å²) in [6.07, 6.45) is 5.16. The van der Waals surface area contributed by atoms with Crippen molar-refractivity contribution in [3.63, 3.8) is 0 Å². The second-order valence-corrected chi connectivity index (χ2v) is 9.16. The molecule has 176 valence electrons. The predicted octanol–water partition coefficient (Wildman–Crippen LogP) is 5.54. The molecule has 0 spiro atoms. The van der Waals surface area contributed by atoms with Crippen molar-refractivity contribution in [1.29, 1.82) is 0 Å². The Balaban J connectivity index is 1.21. The van der Waals surface area contributed by atoms with Gasteiger partial charge in [0.05, 0.1) is 18.6 Å². The summed E-state index contributed by atoms with van der Waals surface area (Å²) in [5, 5.41) is 8.04. The number of hydrogen-bond acceptors (Lipinski definition) is 6. The first-order chi connectivity index (χ1) is 16.6. The summed E-state index contributed by atoms with van der Waals surface area (Å²) in [4.78, 5) is 9.25. The largest absolute Gasteiger partial charge is 0.493 e. The maximum absolute atomic E-state index is 6.08. The van der Waals surface area contributed by atoms with Gasteiger partial charge in [0.2, 0.25) is 0 Å². The van der Waals surface area contributed by atoms with E-state index in [4.69, 9.17) is 9.15 Å². The minimum atomic E-state index is 0.604. The zero-order valence-electron chi connectivity index (χ0n) is 19.9. The maximum atomic E-state index is 6.08. The molecular weight excluding hydrogens is 424 g/mol. The van der Waals surface area contributed by atoms with Crippen molar-refractivity contribution in [2.75, 3.05) is 31.6 Å². The van der Waals surface area contributed by atoms with Gasteiger partial charge in [0.15, 0.2) is 0 Å². The first kappa shape index (κ1) is 22.4. The van der Waals surface area contributed by atoms with Crippen molar-refractivity contribution in [2.45, 2.75) is 33.1 Å². The Labute approximate surface area is 200 Å². The van der Waals surface area contributed by atoms with Gasteiger partial charge in [-0.1, -0.05) is 12.1 Å². The molecule has 5 rings (SSSR count). The summed E-state index contributed by atoms with van der Waals surface area (Å²) >= 11 is 0. The summed E-state index contributed by atoms with van der Waals surface area (Å²) in [5.41, 5.74) is 5.24. The number of ether oxygens (including phenoxy) is 1. The molecule has 3 heterocycles. The zero-order valence-corrected chi connectivity index (χ0v) is 19.9. The standard InChI is InChI=1S/C28H32N4O2/c1-19-17-34-27-9-8-23(14-25(19)27)26-15-28(32-20(2)31-26)30-12-10-21-5-3-7-24(13-21)33-18-22-6-4-11-29-16-22/h3,5,7-9,13-15,17,22,29H,4,6,10-12,16,18H2,1-2H3,(H,30,31,32). The van der Waals surface area contributed by atoms with Crippen molar-refractivity contribution in [3.8, 4) is 17.0 Å². The van der Waals surface area contributed by atoms with Crippen LogP contribution in [0.3, 0.4) is 0 Å². The van der Waals surface area contributed by atoms with E-state index >= 15 is 0 Å². The Kier molecular flexibility index (Phi) is 6.77. The fourth-order valence-corrected chi connectivity index (χ4v) is 4.53. The molecule has 6 heteroatoms. The minimum Gasteiger partial charge on any atom is -0.493 e. The van der Waals surface area contributed by atoms with E-state index in [0.717, 1.165) is 77.8 Å². The normalized spacial score (nSPS) is 16.0. The van der Waals surface area contributed by atoms with Crippen molar-refractivity contribution in [2.24, 2.45) is 5.92 Å². The fraction of sp³-hybridized carbons (Fsp3) is 0.357. The van der Waals surface area contributed by atoms with E-state index < -0.39 is 0 Å².